The van der Waals surface area contributed by atoms with Gasteiger partial charge in [-0.1, -0.05) is 72.8 Å². The zero-order valence-corrected chi connectivity index (χ0v) is 20.0. The minimum absolute atomic E-state index is 0.0379. The monoisotopic (exact) mass is 478 g/mol. The van der Waals surface area contributed by atoms with Crippen molar-refractivity contribution < 1.29 is 24.2 Å². The summed E-state index contributed by atoms with van der Waals surface area (Å²) >= 11 is 0. The van der Waals surface area contributed by atoms with Gasteiger partial charge in [0.05, 0.1) is 25.0 Å². The number of nitrogens with one attached hydrogen (secondary N) is 1. The van der Waals surface area contributed by atoms with Gasteiger partial charge in [0.25, 0.3) is 0 Å². The molecule has 7 heteroatoms. The van der Waals surface area contributed by atoms with E-state index in [4.69, 9.17) is 4.74 Å². The summed E-state index contributed by atoms with van der Waals surface area (Å²) in [7, 11) is 0. The maximum absolute atomic E-state index is 13.1. The van der Waals surface area contributed by atoms with Crippen molar-refractivity contribution in [3.63, 3.8) is 0 Å². The molecule has 1 heterocycles. The lowest BCUT2D eigenvalue weighted by Crippen LogP contribution is -2.39. The van der Waals surface area contributed by atoms with Crippen LogP contribution in [0.1, 0.15) is 30.4 Å². The van der Waals surface area contributed by atoms with E-state index in [1.54, 1.807) is 4.90 Å². The van der Waals surface area contributed by atoms with Gasteiger partial charge in [-0.25, -0.2) is 0 Å². The summed E-state index contributed by atoms with van der Waals surface area (Å²) < 4.78 is 5.41. The Balaban J connectivity index is 1.65. The number of cyclic esters (lactones) is 1. The van der Waals surface area contributed by atoms with Crippen molar-refractivity contribution in [2.75, 3.05) is 26.3 Å². The molecule has 2 aromatic carbocycles. The summed E-state index contributed by atoms with van der Waals surface area (Å²) in [6.07, 6.45) is 5.28. The molecule has 0 fully saturated rings. The van der Waals surface area contributed by atoms with E-state index in [2.05, 4.69) is 5.32 Å². The summed E-state index contributed by atoms with van der Waals surface area (Å²) in [5.74, 6) is -1.56. The molecule has 2 amide bonds. The lowest BCUT2D eigenvalue weighted by Gasteiger charge is -2.24. The van der Waals surface area contributed by atoms with E-state index in [-0.39, 0.29) is 56.4 Å². The molecule has 2 aromatic rings. The topological polar surface area (TPSA) is 95.9 Å². The lowest BCUT2D eigenvalue weighted by atomic mass is 9.94. The fraction of sp³-hybridized carbons (Fsp3) is 0.393. The highest BCUT2D eigenvalue weighted by Gasteiger charge is 2.25. The number of amides is 2. The van der Waals surface area contributed by atoms with Crippen LogP contribution in [0.15, 0.2) is 72.8 Å². The Kier molecular flexibility index (Phi) is 10.5. The average Bonchev–Trinajstić information content (AvgIpc) is 2.87. The first kappa shape index (κ1) is 26.2. The normalized spacial score (nSPS) is 19.1. The second-order valence-electron chi connectivity index (χ2n) is 8.71. The van der Waals surface area contributed by atoms with Crippen molar-refractivity contribution in [3.8, 4) is 0 Å². The lowest BCUT2D eigenvalue weighted by molar-refractivity contribution is -0.148. The maximum Gasteiger partial charge on any atom is 0.309 e. The van der Waals surface area contributed by atoms with Gasteiger partial charge in [0.15, 0.2) is 0 Å². The summed E-state index contributed by atoms with van der Waals surface area (Å²) in [5, 5.41) is 12.2. The number of allylic oxidation sites excluding steroid dienone is 2. The van der Waals surface area contributed by atoms with Crippen LogP contribution in [0.25, 0.3) is 0 Å². The van der Waals surface area contributed by atoms with E-state index in [0.717, 1.165) is 11.1 Å². The van der Waals surface area contributed by atoms with Gasteiger partial charge in [0.2, 0.25) is 11.8 Å². The molecule has 3 rings (SSSR count). The Morgan fingerprint density at radius 2 is 1.57 bits per heavy atom. The minimum Gasteiger partial charge on any atom is -0.464 e. The highest BCUT2D eigenvalue weighted by atomic mass is 16.5. The van der Waals surface area contributed by atoms with E-state index in [9.17, 15) is 19.5 Å². The van der Waals surface area contributed by atoms with Gasteiger partial charge in [-0.2, -0.15) is 0 Å². The van der Waals surface area contributed by atoms with E-state index in [1.165, 1.54) is 0 Å². The Labute approximate surface area is 206 Å². The summed E-state index contributed by atoms with van der Waals surface area (Å²) in [6.45, 7) is 0.715. The molecule has 0 bridgehead atoms. The third-order valence-corrected chi connectivity index (χ3v) is 6.04. The molecule has 7 nitrogen and oxygen atoms in total. The third-order valence-electron chi connectivity index (χ3n) is 6.04. The van der Waals surface area contributed by atoms with Crippen molar-refractivity contribution in [2.24, 2.45) is 11.8 Å². The fourth-order valence-corrected chi connectivity index (χ4v) is 4.11. The van der Waals surface area contributed by atoms with Crippen LogP contribution < -0.4 is 5.32 Å². The molecule has 0 saturated carbocycles. The number of hydrogen-bond acceptors (Lipinski definition) is 5. The summed E-state index contributed by atoms with van der Waals surface area (Å²) in [5.41, 5.74) is 2.03. The molecular formula is C28H34N2O5. The van der Waals surface area contributed by atoms with Gasteiger partial charge < -0.3 is 20.1 Å². The van der Waals surface area contributed by atoms with Gasteiger partial charge in [-0.3, -0.25) is 14.4 Å². The Morgan fingerprint density at radius 3 is 2.23 bits per heavy atom. The molecule has 186 valence electrons. The molecule has 1 aliphatic heterocycles. The third kappa shape index (κ3) is 8.68. The van der Waals surface area contributed by atoms with Gasteiger partial charge in [0, 0.05) is 19.5 Å². The fourth-order valence-electron chi connectivity index (χ4n) is 4.11. The molecule has 0 aliphatic carbocycles. The summed E-state index contributed by atoms with van der Waals surface area (Å²) in [4.78, 5) is 40.0. The smallest absolute Gasteiger partial charge is 0.309 e. The molecule has 0 radical (unpaired) electrons. The van der Waals surface area contributed by atoms with E-state index >= 15 is 0 Å². The van der Waals surface area contributed by atoms with Crippen molar-refractivity contribution >= 4 is 17.8 Å². The molecular weight excluding hydrogens is 444 g/mol. The van der Waals surface area contributed by atoms with Crippen LogP contribution in [0.4, 0.5) is 0 Å². The van der Waals surface area contributed by atoms with E-state index in [1.807, 2.05) is 72.8 Å². The van der Waals surface area contributed by atoms with Crippen LogP contribution in [-0.4, -0.2) is 54.1 Å². The predicted molar refractivity (Wildman–Crippen MR) is 133 cm³/mol. The number of rotatable bonds is 8. The zero-order valence-electron chi connectivity index (χ0n) is 20.0. The first-order chi connectivity index (χ1) is 17.1. The van der Waals surface area contributed by atoms with Crippen LogP contribution in [-0.2, 0) is 32.1 Å². The highest BCUT2D eigenvalue weighted by molar-refractivity contribution is 5.86. The van der Waals surface area contributed by atoms with Gasteiger partial charge >= 0.3 is 5.97 Å². The maximum atomic E-state index is 13.1. The number of hydrogen-bond donors (Lipinski definition) is 2. The van der Waals surface area contributed by atoms with Crippen LogP contribution in [0.2, 0.25) is 0 Å². The first-order valence-corrected chi connectivity index (χ1v) is 12.1. The molecule has 2 N–H and O–H groups in total. The molecule has 0 aromatic heterocycles. The Morgan fingerprint density at radius 1 is 0.943 bits per heavy atom. The number of benzene rings is 2. The SMILES string of the molecule is O=C1NCCOC(=O)[C@@H](Cc2ccccc2)CC=CC[C@@H]1CC(=O)N(CCO)Cc1ccccc1. The van der Waals surface area contributed by atoms with Crippen molar-refractivity contribution in [2.45, 2.75) is 32.2 Å². The van der Waals surface area contributed by atoms with Crippen molar-refractivity contribution in [3.05, 3.63) is 83.9 Å². The second-order valence-corrected chi connectivity index (χ2v) is 8.71. The van der Waals surface area contributed by atoms with Crippen molar-refractivity contribution in [1.82, 2.24) is 10.2 Å². The quantitative estimate of drug-likeness (QED) is 0.449. The number of aliphatic hydroxyl groups is 1. The van der Waals surface area contributed by atoms with Gasteiger partial charge in [-0.15, -0.1) is 0 Å². The number of nitrogens with zero attached hydrogens (tertiary/aromatic N) is 1. The van der Waals surface area contributed by atoms with Crippen LogP contribution in [0.5, 0.6) is 0 Å². The molecule has 0 unspecified atom stereocenters. The molecule has 0 spiro atoms. The number of carbonyl (C=O) groups excluding carboxylic acids is 3. The largest absolute Gasteiger partial charge is 0.464 e. The predicted octanol–water partition coefficient (Wildman–Crippen LogP) is 2.88. The van der Waals surface area contributed by atoms with E-state index < -0.39 is 5.92 Å². The van der Waals surface area contributed by atoms with Crippen LogP contribution in [0.3, 0.4) is 0 Å². The second kappa shape index (κ2) is 14.1. The number of carbonyl (C=O) groups is 3. The Hall–Kier alpha value is -3.45. The molecule has 2 atom stereocenters. The number of esters is 1. The number of aliphatic hydroxyl groups excluding tert-OH is 1. The van der Waals surface area contributed by atoms with Gasteiger partial charge in [-0.05, 0) is 30.4 Å². The van der Waals surface area contributed by atoms with E-state index in [0.29, 0.717) is 25.8 Å². The molecule has 0 saturated heterocycles. The highest BCUT2D eigenvalue weighted by Crippen LogP contribution is 2.18. The van der Waals surface area contributed by atoms with Crippen LogP contribution in [0, 0.1) is 11.8 Å². The standard InChI is InChI=1S/C28H34N2O5/c31-17-16-30(21-23-11-5-2-6-12-23)26(32)20-24-13-7-8-14-25(19-22-9-3-1-4-10-22)28(34)35-18-15-29-27(24)33/h1-12,24-25,31H,13-21H2,(H,29,33)/t24-,25-/m1/s1. The average molecular weight is 479 g/mol. The zero-order chi connectivity index (χ0) is 24.9. The Bertz CT molecular complexity index is 977. The molecule has 35 heavy (non-hydrogen) atoms. The van der Waals surface area contributed by atoms with Gasteiger partial charge in [0.1, 0.15) is 6.61 Å². The molecule has 1 aliphatic rings. The summed E-state index contributed by atoms with van der Waals surface area (Å²) in [6, 6.07) is 19.4. The van der Waals surface area contributed by atoms with Crippen LogP contribution >= 0.6 is 0 Å². The first-order valence-electron chi connectivity index (χ1n) is 12.1. The number of ether oxygens (including phenoxy) is 1. The minimum atomic E-state index is -0.543. The van der Waals surface area contributed by atoms with Crippen molar-refractivity contribution in [1.29, 1.82) is 0 Å².